The maximum atomic E-state index is 13.9. The molecule has 5 heteroatoms. The summed E-state index contributed by atoms with van der Waals surface area (Å²) in [5, 5.41) is 0.124. The molecule has 0 spiro atoms. The number of hydrogen-bond donors (Lipinski definition) is 1. The first-order valence-corrected chi connectivity index (χ1v) is 7.26. The van der Waals surface area contributed by atoms with Gasteiger partial charge in [-0.2, -0.15) is 0 Å². The average molecular weight is 311 g/mol. The normalized spacial score (nSPS) is 11.1. The van der Waals surface area contributed by atoms with Crippen LogP contribution in [0, 0.1) is 16.4 Å². The van der Waals surface area contributed by atoms with Crippen molar-refractivity contribution in [1.82, 2.24) is 9.97 Å². The molecule has 20 heavy (non-hydrogen) atoms. The Bertz CT molecular complexity index is 667. The van der Waals surface area contributed by atoms with E-state index in [0.717, 1.165) is 12.1 Å². The number of halogens is 2. The number of hydrogen-bond acceptors (Lipinski definition) is 2. The molecule has 0 fully saturated rings. The Hall–Kier alpha value is -1.26. The molecule has 0 radical (unpaired) electrons. The van der Waals surface area contributed by atoms with Gasteiger partial charge in [0.1, 0.15) is 16.3 Å². The lowest BCUT2D eigenvalue weighted by Gasteiger charge is -2.09. The van der Waals surface area contributed by atoms with Crippen LogP contribution in [0.2, 0.25) is 5.02 Å². The van der Waals surface area contributed by atoms with E-state index in [1.807, 2.05) is 6.07 Å². The number of rotatable bonds is 4. The summed E-state index contributed by atoms with van der Waals surface area (Å²) in [5.74, 6) is 0.776. The summed E-state index contributed by atoms with van der Waals surface area (Å²) < 4.78 is 14.4. The molecule has 0 saturated heterocycles. The highest BCUT2D eigenvalue weighted by molar-refractivity contribution is 7.71. The largest absolute Gasteiger partial charge is 0.347 e. The number of benzene rings is 1. The lowest BCUT2D eigenvalue weighted by atomic mass is 10.1. The zero-order valence-corrected chi connectivity index (χ0v) is 13.0. The molecule has 2 aromatic rings. The van der Waals surface area contributed by atoms with Crippen LogP contribution in [0.25, 0.3) is 0 Å². The maximum Gasteiger partial charge on any atom is 0.145 e. The van der Waals surface area contributed by atoms with Gasteiger partial charge in [-0.1, -0.05) is 49.8 Å². The minimum Gasteiger partial charge on any atom is -0.347 e. The van der Waals surface area contributed by atoms with Gasteiger partial charge in [-0.25, -0.2) is 9.37 Å². The van der Waals surface area contributed by atoms with Gasteiger partial charge in [0.2, 0.25) is 0 Å². The summed E-state index contributed by atoms with van der Waals surface area (Å²) in [6, 6.07) is 6.82. The molecule has 0 aliphatic heterocycles. The van der Waals surface area contributed by atoms with Crippen molar-refractivity contribution >= 4 is 23.8 Å². The molecular formula is C15H16ClFN2S. The summed E-state index contributed by atoms with van der Waals surface area (Å²) in [6.07, 6.45) is 1.24. The summed E-state index contributed by atoms with van der Waals surface area (Å²) in [5.41, 5.74) is 1.54. The number of aromatic amines is 1. The van der Waals surface area contributed by atoms with Crippen molar-refractivity contribution in [2.24, 2.45) is 5.92 Å². The van der Waals surface area contributed by atoms with Crippen LogP contribution in [0.5, 0.6) is 0 Å². The van der Waals surface area contributed by atoms with Gasteiger partial charge in [0.15, 0.2) is 0 Å². The third-order valence-electron chi connectivity index (χ3n) is 2.87. The Morgan fingerprint density at radius 3 is 2.85 bits per heavy atom. The second-order valence-corrected chi connectivity index (χ2v) is 6.00. The van der Waals surface area contributed by atoms with Crippen molar-refractivity contribution in [2.45, 2.75) is 26.7 Å². The fourth-order valence-corrected chi connectivity index (χ4v) is 2.51. The van der Waals surface area contributed by atoms with Gasteiger partial charge in [0, 0.05) is 12.1 Å². The Balaban J connectivity index is 2.31. The van der Waals surface area contributed by atoms with Gasteiger partial charge in [-0.3, -0.25) is 0 Å². The predicted molar refractivity (Wildman–Crippen MR) is 82.2 cm³/mol. The van der Waals surface area contributed by atoms with Gasteiger partial charge in [-0.15, -0.1) is 0 Å². The minimum atomic E-state index is -0.399. The highest BCUT2D eigenvalue weighted by Gasteiger charge is 2.09. The van der Waals surface area contributed by atoms with Crippen molar-refractivity contribution < 1.29 is 4.39 Å². The van der Waals surface area contributed by atoms with E-state index in [1.54, 1.807) is 12.1 Å². The van der Waals surface area contributed by atoms with Crippen LogP contribution in [-0.2, 0) is 12.8 Å². The van der Waals surface area contributed by atoms with Crippen molar-refractivity contribution in [3.63, 3.8) is 0 Å². The van der Waals surface area contributed by atoms with Crippen LogP contribution in [0.1, 0.15) is 30.9 Å². The molecule has 106 valence electrons. The molecule has 2 nitrogen and oxygen atoms in total. The first-order chi connectivity index (χ1) is 9.45. The van der Waals surface area contributed by atoms with E-state index in [2.05, 4.69) is 23.8 Å². The highest BCUT2D eigenvalue weighted by Crippen LogP contribution is 2.19. The third kappa shape index (κ3) is 3.87. The Kier molecular flexibility index (Phi) is 4.89. The van der Waals surface area contributed by atoms with Crippen LogP contribution in [0.3, 0.4) is 0 Å². The van der Waals surface area contributed by atoms with Gasteiger partial charge >= 0.3 is 0 Å². The molecule has 0 saturated carbocycles. The molecule has 0 unspecified atom stereocenters. The van der Waals surface area contributed by atoms with Crippen LogP contribution in [0.15, 0.2) is 24.3 Å². The zero-order valence-electron chi connectivity index (χ0n) is 11.4. The van der Waals surface area contributed by atoms with Crippen LogP contribution in [0.4, 0.5) is 4.39 Å². The molecule has 0 amide bonds. The molecule has 1 aromatic heterocycles. The number of aromatic nitrogens is 2. The predicted octanol–water partition coefficient (Wildman–Crippen LogP) is 4.72. The summed E-state index contributed by atoms with van der Waals surface area (Å²) >= 11 is 10.9. The van der Waals surface area contributed by atoms with Crippen LogP contribution < -0.4 is 0 Å². The van der Waals surface area contributed by atoms with Gasteiger partial charge < -0.3 is 4.98 Å². The zero-order chi connectivity index (χ0) is 14.7. The molecule has 1 aromatic carbocycles. The highest BCUT2D eigenvalue weighted by atomic mass is 35.5. The Morgan fingerprint density at radius 1 is 1.40 bits per heavy atom. The van der Waals surface area contributed by atoms with Crippen molar-refractivity contribution in [3.8, 4) is 0 Å². The van der Waals surface area contributed by atoms with E-state index in [9.17, 15) is 4.39 Å². The molecule has 0 aliphatic rings. The second-order valence-electron chi connectivity index (χ2n) is 5.18. The van der Waals surface area contributed by atoms with E-state index in [4.69, 9.17) is 23.8 Å². The Labute approximate surface area is 128 Å². The number of H-pyrrole nitrogens is 1. The van der Waals surface area contributed by atoms with Gasteiger partial charge in [-0.05, 0) is 30.0 Å². The van der Waals surface area contributed by atoms with Crippen molar-refractivity contribution in [1.29, 1.82) is 0 Å². The quantitative estimate of drug-likeness (QED) is 0.828. The molecule has 0 atom stereocenters. The number of nitrogens with one attached hydrogen (secondary N) is 1. The maximum absolute atomic E-state index is 13.9. The molecular weight excluding hydrogens is 295 g/mol. The fourth-order valence-electron chi connectivity index (χ4n) is 2.06. The van der Waals surface area contributed by atoms with Gasteiger partial charge in [0.25, 0.3) is 0 Å². The monoisotopic (exact) mass is 310 g/mol. The summed E-state index contributed by atoms with van der Waals surface area (Å²) in [4.78, 5) is 7.48. The smallest absolute Gasteiger partial charge is 0.145 e. The van der Waals surface area contributed by atoms with E-state index < -0.39 is 5.82 Å². The molecule has 1 heterocycles. The lowest BCUT2D eigenvalue weighted by molar-refractivity contribution is 0.609. The number of nitrogens with zero attached hydrogens (tertiary/aromatic N) is 1. The first-order valence-electron chi connectivity index (χ1n) is 6.47. The van der Waals surface area contributed by atoms with E-state index in [0.29, 0.717) is 28.4 Å². The van der Waals surface area contributed by atoms with Crippen LogP contribution >= 0.6 is 23.8 Å². The molecule has 0 aliphatic carbocycles. The lowest BCUT2D eigenvalue weighted by Crippen LogP contribution is -2.04. The van der Waals surface area contributed by atoms with Crippen molar-refractivity contribution in [2.75, 3.05) is 0 Å². The molecule has 0 bridgehead atoms. The summed E-state index contributed by atoms with van der Waals surface area (Å²) in [6.45, 7) is 4.27. The Morgan fingerprint density at radius 2 is 2.15 bits per heavy atom. The van der Waals surface area contributed by atoms with Crippen LogP contribution in [-0.4, -0.2) is 9.97 Å². The SMILES string of the molecule is CC(C)Cc1cc(=S)nc(Cc2cccc(Cl)c2F)[nH]1. The summed E-state index contributed by atoms with van der Waals surface area (Å²) in [7, 11) is 0. The third-order valence-corrected chi connectivity index (χ3v) is 3.37. The first kappa shape index (κ1) is 15.1. The van der Waals surface area contributed by atoms with E-state index in [-0.39, 0.29) is 5.02 Å². The molecule has 1 N–H and O–H groups in total. The fraction of sp³-hybridized carbons (Fsp3) is 0.333. The van der Waals surface area contributed by atoms with Gasteiger partial charge in [0.05, 0.1) is 5.02 Å². The van der Waals surface area contributed by atoms with Crippen molar-refractivity contribution in [3.05, 3.63) is 56.8 Å². The second kappa shape index (κ2) is 6.46. The minimum absolute atomic E-state index is 0.124. The topological polar surface area (TPSA) is 28.7 Å². The van der Waals surface area contributed by atoms with E-state index in [1.165, 1.54) is 6.07 Å². The van der Waals surface area contributed by atoms with E-state index >= 15 is 0 Å². The standard InChI is InChI=1S/C15H16ClFN2S/c1-9(2)6-11-8-14(20)19-13(18-11)7-10-4-3-5-12(16)15(10)17/h3-5,8-9H,6-7H2,1-2H3,(H,18,19,20). The average Bonchev–Trinajstić information content (AvgIpc) is 2.33. The molecule has 2 rings (SSSR count).